The first-order chi connectivity index (χ1) is 4.85. The minimum atomic E-state index is 0.0601. The highest BCUT2D eigenvalue weighted by molar-refractivity contribution is 4.79. The molecular weight excluding hydrogens is 128 g/mol. The second kappa shape index (κ2) is 6.78. The molecule has 0 spiro atoms. The summed E-state index contributed by atoms with van der Waals surface area (Å²) in [5.41, 5.74) is 0. The average Bonchev–Trinajstić information content (AvgIpc) is 1.98. The Kier molecular flexibility index (Phi) is 6.55. The monoisotopic (exact) mass is 144 g/mol. The Labute approximate surface area is 62.8 Å². The third kappa shape index (κ3) is 4.53. The predicted octanol–water partition coefficient (Wildman–Crippen LogP) is 1.61. The fourth-order valence-electron chi connectivity index (χ4n) is 0.632. The summed E-state index contributed by atoms with van der Waals surface area (Å²) in [7, 11) is 0. The highest BCUT2D eigenvalue weighted by atomic mass is 16.5. The lowest BCUT2D eigenvalue weighted by Gasteiger charge is -2.11. The molecule has 0 amide bonds. The highest BCUT2D eigenvalue weighted by Gasteiger charge is 2.00. The van der Waals surface area contributed by atoms with Gasteiger partial charge in [0.2, 0.25) is 0 Å². The van der Waals surface area contributed by atoms with E-state index in [1.165, 1.54) is 0 Å². The highest BCUT2D eigenvalue weighted by Crippen LogP contribution is 1.93. The van der Waals surface area contributed by atoms with Crippen molar-refractivity contribution in [3.05, 3.63) is 12.7 Å². The van der Waals surface area contributed by atoms with E-state index in [4.69, 9.17) is 9.47 Å². The number of ether oxygens (including phenoxy) is 2. The van der Waals surface area contributed by atoms with Crippen molar-refractivity contribution < 1.29 is 9.47 Å². The van der Waals surface area contributed by atoms with Gasteiger partial charge in [-0.1, -0.05) is 6.08 Å². The number of hydrogen-bond acceptors (Lipinski definition) is 2. The normalized spacial score (nSPS) is 13.0. The number of hydrogen-bond donors (Lipinski definition) is 0. The average molecular weight is 144 g/mol. The summed E-state index contributed by atoms with van der Waals surface area (Å²) in [4.78, 5) is 0. The molecule has 0 rings (SSSR count). The van der Waals surface area contributed by atoms with E-state index < -0.39 is 0 Å². The maximum Gasteiger partial charge on any atom is 0.0986 e. The van der Waals surface area contributed by atoms with Crippen LogP contribution in [0.2, 0.25) is 0 Å². The molecule has 0 heterocycles. The Morgan fingerprint density at radius 1 is 1.40 bits per heavy atom. The van der Waals surface area contributed by atoms with Crippen LogP contribution in [0.3, 0.4) is 0 Å². The van der Waals surface area contributed by atoms with Crippen LogP contribution in [0.15, 0.2) is 12.7 Å². The fraction of sp³-hybridized carbons (Fsp3) is 0.750. The molecular formula is C8H16O2. The molecule has 60 valence electrons. The second-order valence-electron chi connectivity index (χ2n) is 1.89. The van der Waals surface area contributed by atoms with Gasteiger partial charge >= 0.3 is 0 Å². The zero-order valence-corrected chi connectivity index (χ0v) is 6.80. The Morgan fingerprint density at radius 2 is 2.10 bits per heavy atom. The molecule has 0 saturated heterocycles. The zero-order chi connectivity index (χ0) is 7.82. The smallest absolute Gasteiger partial charge is 0.0986 e. The molecule has 0 N–H and O–H groups in total. The van der Waals surface area contributed by atoms with Crippen LogP contribution in [0.25, 0.3) is 0 Å². The molecule has 2 nitrogen and oxygen atoms in total. The van der Waals surface area contributed by atoms with Gasteiger partial charge in [-0.25, -0.2) is 0 Å². The van der Waals surface area contributed by atoms with Gasteiger partial charge in [-0.3, -0.25) is 0 Å². The third-order valence-electron chi connectivity index (χ3n) is 1.13. The first-order valence-electron chi connectivity index (χ1n) is 3.67. The van der Waals surface area contributed by atoms with Gasteiger partial charge in [0, 0.05) is 13.2 Å². The first-order valence-corrected chi connectivity index (χ1v) is 3.67. The lowest BCUT2D eigenvalue weighted by Crippen LogP contribution is -2.16. The van der Waals surface area contributed by atoms with E-state index in [1.807, 2.05) is 13.8 Å². The lowest BCUT2D eigenvalue weighted by atomic mass is 10.4. The summed E-state index contributed by atoms with van der Waals surface area (Å²) < 4.78 is 10.4. The van der Waals surface area contributed by atoms with Crippen LogP contribution >= 0.6 is 0 Å². The van der Waals surface area contributed by atoms with Crippen molar-refractivity contribution in [1.82, 2.24) is 0 Å². The van der Waals surface area contributed by atoms with Crippen LogP contribution in [0.4, 0.5) is 0 Å². The van der Waals surface area contributed by atoms with Gasteiger partial charge in [-0.15, -0.1) is 6.58 Å². The standard InChI is InChI=1S/C8H16O2/c1-4-8(10-6-3)7-9-5-2/h4,8H,1,5-7H2,2-3H3. The molecule has 0 aromatic carbocycles. The van der Waals surface area contributed by atoms with E-state index in [0.29, 0.717) is 13.2 Å². The van der Waals surface area contributed by atoms with E-state index in [1.54, 1.807) is 6.08 Å². The van der Waals surface area contributed by atoms with Crippen molar-refractivity contribution in [2.24, 2.45) is 0 Å². The molecule has 0 fully saturated rings. The molecule has 0 aliphatic rings. The zero-order valence-electron chi connectivity index (χ0n) is 6.80. The Bertz CT molecular complexity index is 81.3. The Morgan fingerprint density at radius 3 is 2.50 bits per heavy atom. The van der Waals surface area contributed by atoms with Gasteiger partial charge in [-0.05, 0) is 13.8 Å². The van der Waals surface area contributed by atoms with Crippen LogP contribution in [-0.2, 0) is 9.47 Å². The SMILES string of the molecule is C=CC(COCC)OCC. The van der Waals surface area contributed by atoms with E-state index in [0.717, 1.165) is 6.61 Å². The van der Waals surface area contributed by atoms with Gasteiger partial charge < -0.3 is 9.47 Å². The van der Waals surface area contributed by atoms with Crippen LogP contribution in [-0.4, -0.2) is 25.9 Å². The van der Waals surface area contributed by atoms with Gasteiger partial charge in [0.1, 0.15) is 0 Å². The van der Waals surface area contributed by atoms with E-state index in [-0.39, 0.29) is 6.10 Å². The van der Waals surface area contributed by atoms with Crippen molar-refractivity contribution in [3.8, 4) is 0 Å². The molecule has 2 heteroatoms. The van der Waals surface area contributed by atoms with Gasteiger partial charge in [0.15, 0.2) is 0 Å². The molecule has 1 atom stereocenters. The number of rotatable bonds is 6. The van der Waals surface area contributed by atoms with E-state index in [2.05, 4.69) is 6.58 Å². The largest absolute Gasteiger partial charge is 0.379 e. The van der Waals surface area contributed by atoms with Gasteiger partial charge in [0.05, 0.1) is 12.7 Å². The topological polar surface area (TPSA) is 18.5 Å². The van der Waals surface area contributed by atoms with Crippen LogP contribution in [0.1, 0.15) is 13.8 Å². The summed E-state index contributed by atoms with van der Waals surface area (Å²) >= 11 is 0. The van der Waals surface area contributed by atoms with Crippen molar-refractivity contribution in [3.63, 3.8) is 0 Å². The third-order valence-corrected chi connectivity index (χ3v) is 1.13. The maximum atomic E-state index is 5.25. The molecule has 0 radical (unpaired) electrons. The summed E-state index contributed by atoms with van der Waals surface area (Å²) in [5.74, 6) is 0. The van der Waals surface area contributed by atoms with Crippen molar-refractivity contribution in [1.29, 1.82) is 0 Å². The van der Waals surface area contributed by atoms with Gasteiger partial charge in [-0.2, -0.15) is 0 Å². The minimum absolute atomic E-state index is 0.0601. The quantitative estimate of drug-likeness (QED) is 0.527. The van der Waals surface area contributed by atoms with Crippen molar-refractivity contribution in [2.45, 2.75) is 20.0 Å². The van der Waals surface area contributed by atoms with Crippen LogP contribution in [0.5, 0.6) is 0 Å². The summed E-state index contributed by atoms with van der Waals surface area (Å²) in [6.07, 6.45) is 1.82. The van der Waals surface area contributed by atoms with Crippen LogP contribution < -0.4 is 0 Å². The van der Waals surface area contributed by atoms with E-state index in [9.17, 15) is 0 Å². The molecule has 10 heavy (non-hydrogen) atoms. The Balaban J connectivity index is 3.29. The van der Waals surface area contributed by atoms with Crippen molar-refractivity contribution in [2.75, 3.05) is 19.8 Å². The minimum Gasteiger partial charge on any atom is -0.379 e. The predicted molar refractivity (Wildman–Crippen MR) is 42.1 cm³/mol. The molecule has 0 aliphatic carbocycles. The fourth-order valence-corrected chi connectivity index (χ4v) is 0.632. The molecule has 0 aromatic heterocycles. The first kappa shape index (κ1) is 9.66. The summed E-state index contributed by atoms with van der Waals surface area (Å²) in [6, 6.07) is 0. The molecule has 0 saturated carbocycles. The molecule has 1 unspecified atom stereocenters. The van der Waals surface area contributed by atoms with Gasteiger partial charge in [0.25, 0.3) is 0 Å². The van der Waals surface area contributed by atoms with Crippen molar-refractivity contribution >= 4 is 0 Å². The van der Waals surface area contributed by atoms with E-state index >= 15 is 0 Å². The maximum absolute atomic E-state index is 5.25. The molecule has 0 aliphatic heterocycles. The Hall–Kier alpha value is -0.340. The molecule has 0 aromatic rings. The van der Waals surface area contributed by atoms with Crippen LogP contribution in [0, 0.1) is 0 Å². The summed E-state index contributed by atoms with van der Waals surface area (Å²) in [6.45, 7) is 9.62. The molecule has 0 bridgehead atoms. The second-order valence-corrected chi connectivity index (χ2v) is 1.89. The lowest BCUT2D eigenvalue weighted by molar-refractivity contribution is 0.0176. The summed E-state index contributed by atoms with van der Waals surface area (Å²) in [5, 5.41) is 0.